The molecular weight excluding hydrogens is 474 g/mol. The number of thioether (sulfide) groups is 1. The topological polar surface area (TPSA) is 98.4 Å². The molecule has 1 atom stereocenters. The summed E-state index contributed by atoms with van der Waals surface area (Å²) in [4.78, 5) is 38.3. The zero-order chi connectivity index (χ0) is 25.2. The van der Waals surface area contributed by atoms with Crippen molar-refractivity contribution in [1.82, 2.24) is 19.2 Å². The van der Waals surface area contributed by atoms with E-state index in [0.717, 1.165) is 5.56 Å². The molecule has 0 saturated heterocycles. The lowest BCUT2D eigenvalue weighted by atomic mass is 10.1. The van der Waals surface area contributed by atoms with E-state index in [4.69, 9.17) is 0 Å². The second-order valence-electron chi connectivity index (χ2n) is 8.36. The summed E-state index contributed by atoms with van der Waals surface area (Å²) in [6.45, 7) is 3.57. The summed E-state index contributed by atoms with van der Waals surface area (Å²) >= 11 is 1.23. The number of nitrogens with zero attached hydrogens (tertiary/aromatic N) is 4. The van der Waals surface area contributed by atoms with Gasteiger partial charge in [0.25, 0.3) is 5.56 Å². The molecule has 0 saturated carbocycles. The van der Waals surface area contributed by atoms with Crippen LogP contribution in [0.15, 0.2) is 88.8 Å². The summed E-state index contributed by atoms with van der Waals surface area (Å²) < 4.78 is 3.42. The number of aromatic nitrogens is 4. The summed E-state index contributed by atoms with van der Waals surface area (Å²) in [5.74, 6) is 0.00413. The predicted octanol–water partition coefficient (Wildman–Crippen LogP) is 4.41. The average molecular weight is 498 g/mol. The summed E-state index contributed by atoms with van der Waals surface area (Å²) in [5, 5.41) is 12.0. The molecule has 0 aliphatic rings. The molecule has 2 heterocycles. The Balaban J connectivity index is 1.52. The smallest absolute Gasteiger partial charge is 0.263 e. The van der Waals surface area contributed by atoms with Gasteiger partial charge in [-0.15, -0.1) is 10.2 Å². The van der Waals surface area contributed by atoms with Crippen molar-refractivity contribution in [2.75, 3.05) is 5.32 Å². The van der Waals surface area contributed by atoms with E-state index < -0.39 is 5.25 Å². The molecule has 0 bridgehead atoms. The fraction of sp³-hybridized carbons (Fsp3) is 0.148. The molecule has 9 heteroatoms. The first-order chi connectivity index (χ1) is 17.4. The zero-order valence-electron chi connectivity index (χ0n) is 19.7. The normalized spacial score (nSPS) is 12.1. The van der Waals surface area contributed by atoms with Gasteiger partial charge in [0, 0.05) is 5.56 Å². The summed E-state index contributed by atoms with van der Waals surface area (Å²) in [5.41, 5.74) is 2.40. The first kappa shape index (κ1) is 23.5. The van der Waals surface area contributed by atoms with Crippen LogP contribution in [-0.2, 0) is 11.3 Å². The molecule has 8 nitrogen and oxygen atoms in total. The number of hydrogen-bond donors (Lipinski definition) is 1. The van der Waals surface area contributed by atoms with Crippen molar-refractivity contribution in [2.24, 2.45) is 0 Å². The molecule has 0 spiro atoms. The van der Waals surface area contributed by atoms with E-state index in [1.165, 1.54) is 18.7 Å². The number of carbonyl (C=O) groups excluding carboxylic acids is 2. The first-order valence-corrected chi connectivity index (χ1v) is 12.3. The molecule has 0 aliphatic carbocycles. The Bertz CT molecular complexity index is 1660. The van der Waals surface area contributed by atoms with Crippen molar-refractivity contribution >= 4 is 45.8 Å². The quantitative estimate of drug-likeness (QED) is 0.264. The van der Waals surface area contributed by atoms with Crippen LogP contribution in [0.2, 0.25) is 0 Å². The van der Waals surface area contributed by atoms with Gasteiger partial charge in [0.15, 0.2) is 10.9 Å². The van der Waals surface area contributed by atoms with Gasteiger partial charge in [0.1, 0.15) is 0 Å². The molecule has 0 radical (unpaired) electrons. The van der Waals surface area contributed by atoms with Gasteiger partial charge in [0.2, 0.25) is 11.7 Å². The van der Waals surface area contributed by atoms with Crippen molar-refractivity contribution in [3.63, 3.8) is 0 Å². The van der Waals surface area contributed by atoms with Crippen LogP contribution in [0.5, 0.6) is 0 Å². The van der Waals surface area contributed by atoms with Crippen molar-refractivity contribution in [3.05, 3.63) is 100 Å². The number of nitrogens with one attached hydrogen (secondary N) is 1. The number of amides is 1. The Morgan fingerprint density at radius 3 is 2.42 bits per heavy atom. The highest BCUT2D eigenvalue weighted by molar-refractivity contribution is 8.00. The fourth-order valence-electron chi connectivity index (χ4n) is 4.06. The molecule has 180 valence electrons. The van der Waals surface area contributed by atoms with Crippen molar-refractivity contribution < 1.29 is 9.59 Å². The third-order valence-corrected chi connectivity index (χ3v) is 6.92. The monoisotopic (exact) mass is 497 g/mol. The maximum absolute atomic E-state index is 13.4. The fourth-order valence-corrected chi connectivity index (χ4v) is 4.92. The standard InChI is InChI=1S/C27H23N5O3S/c1-17(33)20-12-6-8-14-22(20)28-24(34)18(2)36-27-30-29-26-31(16-19-10-4-3-5-11-19)25(35)21-13-7-9-15-23(21)32(26)27/h3-15,18H,16H2,1-2H3,(H,28,34). The Morgan fingerprint density at radius 1 is 0.944 bits per heavy atom. The lowest BCUT2D eigenvalue weighted by Crippen LogP contribution is -2.25. The van der Waals surface area contributed by atoms with Gasteiger partial charge in [-0.05, 0) is 43.7 Å². The van der Waals surface area contributed by atoms with E-state index in [1.54, 1.807) is 41.8 Å². The van der Waals surface area contributed by atoms with Gasteiger partial charge >= 0.3 is 0 Å². The molecule has 2 aromatic heterocycles. The van der Waals surface area contributed by atoms with E-state index in [9.17, 15) is 14.4 Å². The highest BCUT2D eigenvalue weighted by Crippen LogP contribution is 2.26. The van der Waals surface area contributed by atoms with E-state index in [2.05, 4.69) is 15.5 Å². The highest BCUT2D eigenvalue weighted by Gasteiger charge is 2.22. The van der Waals surface area contributed by atoms with Crippen LogP contribution in [0.1, 0.15) is 29.8 Å². The first-order valence-electron chi connectivity index (χ1n) is 11.4. The number of carbonyl (C=O) groups is 2. The molecule has 0 fully saturated rings. The number of para-hydroxylation sites is 2. The maximum Gasteiger partial charge on any atom is 0.263 e. The van der Waals surface area contributed by atoms with E-state index >= 15 is 0 Å². The lowest BCUT2D eigenvalue weighted by Gasteiger charge is -2.14. The van der Waals surface area contributed by atoms with E-state index in [0.29, 0.717) is 39.6 Å². The Labute approximate surface area is 211 Å². The average Bonchev–Trinajstić information content (AvgIpc) is 3.30. The second kappa shape index (κ2) is 9.79. The van der Waals surface area contributed by atoms with Gasteiger partial charge in [-0.1, -0.05) is 66.4 Å². The molecule has 1 unspecified atom stereocenters. The third-order valence-electron chi connectivity index (χ3n) is 5.88. The predicted molar refractivity (Wildman–Crippen MR) is 141 cm³/mol. The molecule has 36 heavy (non-hydrogen) atoms. The summed E-state index contributed by atoms with van der Waals surface area (Å²) in [7, 11) is 0. The molecule has 3 aromatic carbocycles. The van der Waals surface area contributed by atoms with Crippen LogP contribution in [-0.4, -0.2) is 36.1 Å². The van der Waals surface area contributed by atoms with Crippen LogP contribution in [0.3, 0.4) is 0 Å². The van der Waals surface area contributed by atoms with Crippen LogP contribution >= 0.6 is 11.8 Å². The largest absolute Gasteiger partial charge is 0.324 e. The lowest BCUT2D eigenvalue weighted by molar-refractivity contribution is -0.115. The Morgan fingerprint density at radius 2 is 1.64 bits per heavy atom. The van der Waals surface area contributed by atoms with Crippen molar-refractivity contribution in [2.45, 2.75) is 30.8 Å². The number of fused-ring (bicyclic) bond motifs is 3. The molecule has 5 aromatic rings. The maximum atomic E-state index is 13.4. The Hall–Kier alpha value is -4.24. The summed E-state index contributed by atoms with van der Waals surface area (Å²) in [6.07, 6.45) is 0. The van der Waals surface area contributed by atoms with E-state index in [-0.39, 0.29) is 17.2 Å². The minimum atomic E-state index is -0.550. The van der Waals surface area contributed by atoms with Crippen molar-refractivity contribution in [3.8, 4) is 0 Å². The van der Waals surface area contributed by atoms with Gasteiger partial charge < -0.3 is 5.32 Å². The zero-order valence-corrected chi connectivity index (χ0v) is 20.5. The number of rotatable bonds is 7. The molecule has 0 aliphatic heterocycles. The van der Waals surface area contributed by atoms with Gasteiger partial charge in [-0.3, -0.25) is 23.4 Å². The minimum Gasteiger partial charge on any atom is -0.324 e. The second-order valence-corrected chi connectivity index (χ2v) is 9.67. The van der Waals surface area contributed by atoms with Crippen LogP contribution < -0.4 is 10.9 Å². The number of ketones is 1. The highest BCUT2D eigenvalue weighted by atomic mass is 32.2. The number of anilines is 1. The molecular formula is C27H23N5O3S. The van der Waals surface area contributed by atoms with E-state index in [1.807, 2.05) is 52.9 Å². The van der Waals surface area contributed by atoms with Crippen LogP contribution in [0.4, 0.5) is 5.69 Å². The number of Topliss-reactive ketones (excluding diaryl/α,β-unsaturated/α-hetero) is 1. The van der Waals surface area contributed by atoms with Crippen LogP contribution in [0.25, 0.3) is 16.7 Å². The Kier molecular flexibility index (Phi) is 6.39. The summed E-state index contributed by atoms with van der Waals surface area (Å²) in [6, 6.07) is 23.9. The van der Waals surface area contributed by atoms with Crippen LogP contribution in [0, 0.1) is 0 Å². The molecule has 5 rings (SSSR count). The molecule has 1 amide bonds. The van der Waals surface area contributed by atoms with Gasteiger partial charge in [0.05, 0.1) is 28.4 Å². The molecule has 1 N–H and O–H groups in total. The third kappa shape index (κ3) is 4.40. The SMILES string of the molecule is CC(=O)c1ccccc1NC(=O)C(C)Sc1nnc2n(Cc3ccccc3)c(=O)c3ccccc3n12. The number of hydrogen-bond acceptors (Lipinski definition) is 6. The minimum absolute atomic E-state index is 0.127. The van der Waals surface area contributed by atoms with Crippen molar-refractivity contribution in [1.29, 1.82) is 0 Å². The van der Waals surface area contributed by atoms with Gasteiger partial charge in [-0.25, -0.2) is 0 Å². The number of benzene rings is 3. The van der Waals surface area contributed by atoms with Gasteiger partial charge in [-0.2, -0.15) is 0 Å².